The zero-order valence-corrected chi connectivity index (χ0v) is 9.37. The van der Waals surface area contributed by atoms with Crippen LogP contribution in [0.1, 0.15) is 25.7 Å². The van der Waals surface area contributed by atoms with Crippen molar-refractivity contribution >= 4 is 5.91 Å². The van der Waals surface area contributed by atoms with Crippen molar-refractivity contribution in [1.82, 2.24) is 10.2 Å². The lowest BCUT2D eigenvalue weighted by atomic mass is 10.2. The van der Waals surface area contributed by atoms with E-state index in [-0.39, 0.29) is 18.1 Å². The molecule has 2 aliphatic rings. The predicted molar refractivity (Wildman–Crippen MR) is 57.6 cm³/mol. The highest BCUT2D eigenvalue weighted by molar-refractivity contribution is 5.81. The molecule has 2 aliphatic heterocycles. The third kappa shape index (κ3) is 2.69. The van der Waals surface area contributed by atoms with E-state index in [1.54, 1.807) is 0 Å². The zero-order chi connectivity index (χ0) is 10.7. The van der Waals surface area contributed by atoms with Gasteiger partial charge >= 0.3 is 0 Å². The van der Waals surface area contributed by atoms with Crippen LogP contribution in [0.4, 0.5) is 0 Å². The van der Waals surface area contributed by atoms with Crippen LogP contribution in [0.25, 0.3) is 0 Å². The fourth-order valence-electron chi connectivity index (χ4n) is 2.35. The monoisotopic (exact) mass is 212 g/mol. The van der Waals surface area contributed by atoms with E-state index in [2.05, 4.69) is 5.32 Å². The summed E-state index contributed by atoms with van der Waals surface area (Å²) in [6.45, 7) is 2.58. The van der Waals surface area contributed by atoms with Gasteiger partial charge in [0, 0.05) is 20.2 Å². The molecule has 4 heteroatoms. The number of hydrogen-bond donors (Lipinski definition) is 1. The van der Waals surface area contributed by atoms with Gasteiger partial charge in [-0.3, -0.25) is 4.79 Å². The third-order valence-corrected chi connectivity index (χ3v) is 3.24. The van der Waals surface area contributed by atoms with Crippen molar-refractivity contribution in [3.63, 3.8) is 0 Å². The number of carbonyl (C=O) groups is 1. The van der Waals surface area contributed by atoms with Crippen LogP contribution in [0.15, 0.2) is 0 Å². The van der Waals surface area contributed by atoms with Gasteiger partial charge in [-0.2, -0.15) is 0 Å². The van der Waals surface area contributed by atoms with Crippen molar-refractivity contribution in [3.05, 3.63) is 0 Å². The Kier molecular flexibility index (Phi) is 3.59. The van der Waals surface area contributed by atoms with Gasteiger partial charge in [-0.15, -0.1) is 0 Å². The second kappa shape index (κ2) is 4.94. The lowest BCUT2D eigenvalue weighted by Crippen LogP contribution is -2.44. The van der Waals surface area contributed by atoms with Gasteiger partial charge in [0.15, 0.2) is 0 Å². The highest BCUT2D eigenvalue weighted by atomic mass is 16.5. The lowest BCUT2D eigenvalue weighted by Gasteiger charge is -2.23. The van der Waals surface area contributed by atoms with Crippen LogP contribution < -0.4 is 5.32 Å². The minimum absolute atomic E-state index is 0.0522. The summed E-state index contributed by atoms with van der Waals surface area (Å²) in [5.41, 5.74) is 0. The molecular weight excluding hydrogens is 192 g/mol. The third-order valence-electron chi connectivity index (χ3n) is 3.24. The van der Waals surface area contributed by atoms with Gasteiger partial charge in [0.25, 0.3) is 0 Å². The molecule has 1 amide bonds. The van der Waals surface area contributed by atoms with Gasteiger partial charge in [0.1, 0.15) is 0 Å². The molecule has 0 aromatic carbocycles. The fraction of sp³-hybridized carbons (Fsp3) is 0.909. The maximum atomic E-state index is 11.9. The van der Waals surface area contributed by atoms with Crippen molar-refractivity contribution in [2.24, 2.45) is 0 Å². The maximum absolute atomic E-state index is 11.9. The Labute approximate surface area is 91.0 Å². The molecule has 2 fully saturated rings. The largest absolute Gasteiger partial charge is 0.376 e. The SMILES string of the molecule is CN(CC1CCCO1)C(=O)[C@@H]1CCCN1. The normalized spacial score (nSPS) is 30.7. The molecule has 2 rings (SSSR count). The van der Waals surface area contributed by atoms with E-state index in [9.17, 15) is 4.79 Å². The second-order valence-electron chi connectivity index (χ2n) is 4.50. The average molecular weight is 212 g/mol. The van der Waals surface area contributed by atoms with Gasteiger partial charge in [0.05, 0.1) is 12.1 Å². The molecule has 0 aromatic heterocycles. The Hall–Kier alpha value is -0.610. The number of ether oxygens (including phenoxy) is 1. The predicted octanol–water partition coefficient (Wildman–Crippen LogP) is 0.376. The van der Waals surface area contributed by atoms with Crippen LogP contribution in [0.3, 0.4) is 0 Å². The minimum Gasteiger partial charge on any atom is -0.376 e. The second-order valence-corrected chi connectivity index (χ2v) is 4.50. The van der Waals surface area contributed by atoms with E-state index >= 15 is 0 Å². The van der Waals surface area contributed by atoms with E-state index in [1.165, 1.54) is 0 Å². The number of rotatable bonds is 3. The van der Waals surface area contributed by atoms with E-state index < -0.39 is 0 Å². The van der Waals surface area contributed by atoms with Gasteiger partial charge in [-0.05, 0) is 32.2 Å². The first-order valence-electron chi connectivity index (χ1n) is 5.87. The van der Waals surface area contributed by atoms with Crippen molar-refractivity contribution in [2.75, 3.05) is 26.7 Å². The fourth-order valence-corrected chi connectivity index (χ4v) is 2.35. The first-order valence-corrected chi connectivity index (χ1v) is 5.87. The van der Waals surface area contributed by atoms with Gasteiger partial charge in [-0.25, -0.2) is 0 Å². The topological polar surface area (TPSA) is 41.6 Å². The molecule has 15 heavy (non-hydrogen) atoms. The molecule has 0 radical (unpaired) electrons. The van der Waals surface area contributed by atoms with Gasteiger partial charge < -0.3 is 15.0 Å². The van der Waals surface area contributed by atoms with Crippen molar-refractivity contribution in [3.8, 4) is 0 Å². The molecule has 2 atom stereocenters. The Morgan fingerprint density at radius 2 is 2.33 bits per heavy atom. The molecule has 1 unspecified atom stereocenters. The molecule has 0 aliphatic carbocycles. The Morgan fingerprint density at radius 3 is 2.93 bits per heavy atom. The van der Waals surface area contributed by atoms with Gasteiger partial charge in [-0.1, -0.05) is 0 Å². The summed E-state index contributed by atoms with van der Waals surface area (Å²) in [6.07, 6.45) is 4.59. The minimum atomic E-state index is 0.0522. The molecule has 4 nitrogen and oxygen atoms in total. The number of carbonyl (C=O) groups excluding carboxylic acids is 1. The van der Waals surface area contributed by atoms with E-state index in [0.29, 0.717) is 0 Å². The highest BCUT2D eigenvalue weighted by Gasteiger charge is 2.27. The Balaban J connectivity index is 1.78. The Morgan fingerprint density at radius 1 is 1.47 bits per heavy atom. The highest BCUT2D eigenvalue weighted by Crippen LogP contribution is 2.14. The van der Waals surface area contributed by atoms with Crippen LogP contribution in [0, 0.1) is 0 Å². The summed E-state index contributed by atoms with van der Waals surface area (Å²) in [5, 5.41) is 3.23. The average Bonchev–Trinajstić information content (AvgIpc) is 2.88. The molecule has 2 heterocycles. The maximum Gasteiger partial charge on any atom is 0.239 e. The summed E-state index contributed by atoms with van der Waals surface area (Å²) < 4.78 is 5.52. The van der Waals surface area contributed by atoms with Crippen LogP contribution in [-0.4, -0.2) is 49.7 Å². The zero-order valence-electron chi connectivity index (χ0n) is 9.37. The molecule has 2 saturated heterocycles. The smallest absolute Gasteiger partial charge is 0.239 e. The van der Waals surface area contributed by atoms with Gasteiger partial charge in [0.2, 0.25) is 5.91 Å². The van der Waals surface area contributed by atoms with E-state index in [0.717, 1.165) is 45.4 Å². The van der Waals surface area contributed by atoms with Crippen LogP contribution in [0.2, 0.25) is 0 Å². The molecule has 0 saturated carbocycles. The molecule has 1 N–H and O–H groups in total. The molecule has 0 aromatic rings. The lowest BCUT2D eigenvalue weighted by molar-refractivity contribution is -0.133. The summed E-state index contributed by atoms with van der Waals surface area (Å²) >= 11 is 0. The summed E-state index contributed by atoms with van der Waals surface area (Å²) in [7, 11) is 1.88. The van der Waals surface area contributed by atoms with Crippen LogP contribution in [0.5, 0.6) is 0 Å². The number of hydrogen-bond acceptors (Lipinski definition) is 3. The van der Waals surface area contributed by atoms with Crippen LogP contribution >= 0.6 is 0 Å². The van der Waals surface area contributed by atoms with Crippen molar-refractivity contribution in [2.45, 2.75) is 37.8 Å². The molecular formula is C11H20N2O2. The molecule has 86 valence electrons. The van der Waals surface area contributed by atoms with Crippen molar-refractivity contribution in [1.29, 1.82) is 0 Å². The summed E-state index contributed by atoms with van der Waals surface area (Å²) in [6, 6.07) is 0.0522. The van der Waals surface area contributed by atoms with Crippen LogP contribution in [-0.2, 0) is 9.53 Å². The number of nitrogens with one attached hydrogen (secondary N) is 1. The first kappa shape index (κ1) is 10.9. The van der Waals surface area contributed by atoms with E-state index in [1.807, 2.05) is 11.9 Å². The van der Waals surface area contributed by atoms with Crippen molar-refractivity contribution < 1.29 is 9.53 Å². The first-order chi connectivity index (χ1) is 7.27. The summed E-state index contributed by atoms with van der Waals surface area (Å²) in [4.78, 5) is 13.8. The molecule has 0 spiro atoms. The number of amides is 1. The quantitative estimate of drug-likeness (QED) is 0.735. The summed E-state index contributed by atoms with van der Waals surface area (Å²) in [5.74, 6) is 0.225. The van der Waals surface area contributed by atoms with E-state index in [4.69, 9.17) is 4.74 Å². The number of nitrogens with zero attached hydrogens (tertiary/aromatic N) is 1. The Bertz CT molecular complexity index is 221. The standard InChI is InChI=1S/C11H20N2O2/c1-13(8-9-4-3-7-15-9)11(14)10-5-2-6-12-10/h9-10,12H,2-8H2,1H3/t9?,10-/m0/s1. The molecule has 0 bridgehead atoms. The number of likely N-dealkylation sites (N-methyl/N-ethyl adjacent to an activating group) is 1.